The number of rotatable bonds is 7. The summed E-state index contributed by atoms with van der Waals surface area (Å²) < 4.78 is 23.1. The van der Waals surface area contributed by atoms with Gasteiger partial charge in [0.2, 0.25) is 0 Å². The Balaban J connectivity index is 0.000000303. The van der Waals surface area contributed by atoms with Crippen molar-refractivity contribution < 1.29 is 29.5 Å². The molecule has 4 rings (SSSR count). The van der Waals surface area contributed by atoms with Gasteiger partial charge < -0.3 is 29.5 Å². The Morgan fingerprint density at radius 1 is 0.875 bits per heavy atom. The molecule has 0 bridgehead atoms. The summed E-state index contributed by atoms with van der Waals surface area (Å²) in [5.74, 6) is -0.723. The summed E-state index contributed by atoms with van der Waals surface area (Å²) in [6.45, 7) is 7.54. The Hall–Kier alpha value is 0.580. The van der Waals surface area contributed by atoms with Gasteiger partial charge in [-0.3, -0.25) is 0 Å². The second-order valence-corrected chi connectivity index (χ2v) is 16.6. The third-order valence-electron chi connectivity index (χ3n) is 6.50. The Bertz CT molecular complexity index is 640. The van der Waals surface area contributed by atoms with Gasteiger partial charge in [0.15, 0.2) is 11.6 Å². The van der Waals surface area contributed by atoms with Crippen LogP contribution in [0.1, 0.15) is 72.6 Å². The van der Waals surface area contributed by atoms with E-state index in [1.165, 1.54) is 34.9 Å². The molecule has 0 amide bonds. The highest BCUT2D eigenvalue weighted by molar-refractivity contribution is 9.44. The average Bonchev–Trinajstić information content (AvgIpc) is 3.50. The summed E-state index contributed by atoms with van der Waals surface area (Å²) in [6.07, 6.45) is 9.47. The van der Waals surface area contributed by atoms with E-state index in [1.54, 1.807) is 0 Å². The SMILES string of the molecule is C.CC1=C(CCCO)C2(CC1)OCCO2.CC1=C(CCCP(P)Br)C2(CC1)OCCO2.O. The van der Waals surface area contributed by atoms with E-state index in [-0.39, 0.29) is 31.6 Å². The second kappa shape index (κ2) is 14.2. The van der Waals surface area contributed by atoms with E-state index in [9.17, 15) is 0 Å². The molecular weight excluding hydrogens is 514 g/mol. The van der Waals surface area contributed by atoms with Crippen molar-refractivity contribution in [3.8, 4) is 0 Å². The van der Waals surface area contributed by atoms with Crippen LogP contribution in [0.2, 0.25) is 0 Å². The van der Waals surface area contributed by atoms with E-state index in [0.29, 0.717) is 13.2 Å². The number of hydrogen-bond donors (Lipinski definition) is 1. The van der Waals surface area contributed by atoms with Gasteiger partial charge in [-0.15, -0.1) is 0 Å². The summed E-state index contributed by atoms with van der Waals surface area (Å²) in [5.41, 5.74) is 5.59. The van der Waals surface area contributed by atoms with Crippen LogP contribution < -0.4 is 0 Å². The lowest BCUT2D eigenvalue weighted by molar-refractivity contribution is -0.126. The highest BCUT2D eigenvalue weighted by Gasteiger charge is 2.45. The Morgan fingerprint density at radius 2 is 1.28 bits per heavy atom. The van der Waals surface area contributed by atoms with Crippen LogP contribution in [-0.2, 0) is 18.9 Å². The van der Waals surface area contributed by atoms with Crippen molar-refractivity contribution >= 4 is 30.7 Å². The lowest BCUT2D eigenvalue weighted by atomic mass is 10.0. The number of allylic oxidation sites excluding steroid dienone is 2. The standard InChI is InChI=1S/C11H19BrO2P2.C11H18O3.CH4.H2O/c1-9-4-5-11(13-6-7-14-11)10(9)3-2-8-16(12)15;1-9-4-5-11(13-7-8-14-11)10(9)3-2-6-12;;/h2-8,15H2,1H3;12H,2-8H2,1H3;1H4;1H2. The molecule has 0 saturated carbocycles. The fraction of sp³-hybridized carbons (Fsp3) is 0.826. The first-order valence-electron chi connectivity index (χ1n) is 11.2. The number of hydrogen-bond acceptors (Lipinski definition) is 5. The molecule has 2 aliphatic carbocycles. The molecule has 0 aromatic carbocycles. The van der Waals surface area contributed by atoms with Crippen LogP contribution >= 0.6 is 30.7 Å². The van der Waals surface area contributed by atoms with Gasteiger partial charge >= 0.3 is 0 Å². The van der Waals surface area contributed by atoms with Crippen molar-refractivity contribution in [1.29, 1.82) is 0 Å². The minimum Gasteiger partial charge on any atom is -0.412 e. The molecular formula is C23H43BrO6P2. The first-order chi connectivity index (χ1) is 14.4. The number of halogens is 1. The van der Waals surface area contributed by atoms with Crippen LogP contribution in [0.4, 0.5) is 0 Å². The molecule has 2 unspecified atom stereocenters. The van der Waals surface area contributed by atoms with Crippen LogP contribution in [0.3, 0.4) is 0 Å². The quantitative estimate of drug-likeness (QED) is 0.324. The smallest absolute Gasteiger partial charge is 0.191 e. The van der Waals surface area contributed by atoms with E-state index in [0.717, 1.165) is 58.2 Å². The lowest BCUT2D eigenvalue weighted by Crippen LogP contribution is -2.29. The van der Waals surface area contributed by atoms with Gasteiger partial charge in [-0.25, -0.2) is 0 Å². The zero-order valence-electron chi connectivity index (χ0n) is 18.9. The van der Waals surface area contributed by atoms with Crippen molar-refractivity contribution in [2.24, 2.45) is 0 Å². The van der Waals surface area contributed by atoms with Crippen LogP contribution in [-0.4, -0.2) is 61.4 Å². The monoisotopic (exact) mass is 556 g/mol. The normalized spacial score (nSPS) is 23.9. The van der Waals surface area contributed by atoms with E-state index in [1.807, 2.05) is 0 Å². The van der Waals surface area contributed by atoms with Crippen molar-refractivity contribution in [3.63, 3.8) is 0 Å². The number of aliphatic hydroxyl groups excluding tert-OH is 1. The maximum atomic E-state index is 8.84. The molecule has 0 radical (unpaired) electrons. The van der Waals surface area contributed by atoms with E-state index < -0.39 is 5.79 Å². The molecule has 9 heteroatoms. The number of ether oxygens (including phenoxy) is 4. The molecule has 2 aliphatic heterocycles. The fourth-order valence-electron chi connectivity index (χ4n) is 4.97. The largest absolute Gasteiger partial charge is 0.412 e. The first-order valence-corrected chi connectivity index (χ1v) is 16.3. The van der Waals surface area contributed by atoms with Gasteiger partial charge in [0.1, 0.15) is 0 Å². The Kier molecular flexibility index (Phi) is 13.6. The first kappa shape index (κ1) is 30.6. The van der Waals surface area contributed by atoms with E-state index >= 15 is 0 Å². The molecule has 32 heavy (non-hydrogen) atoms. The van der Waals surface area contributed by atoms with Crippen molar-refractivity contribution in [2.75, 3.05) is 39.2 Å². The zero-order chi connectivity index (χ0) is 21.6. The topological polar surface area (TPSA) is 88.7 Å². The van der Waals surface area contributed by atoms with Crippen LogP contribution in [0.15, 0.2) is 22.3 Å². The average molecular weight is 557 g/mol. The predicted octanol–water partition coefficient (Wildman–Crippen LogP) is 5.63. The summed E-state index contributed by atoms with van der Waals surface area (Å²) in [4.78, 5) is 0. The van der Waals surface area contributed by atoms with Gasteiger partial charge in [-0.2, -0.15) is 0 Å². The number of aliphatic hydroxyl groups is 1. The molecule has 3 N–H and O–H groups in total. The molecule has 2 saturated heterocycles. The second-order valence-electron chi connectivity index (χ2n) is 8.47. The molecule has 2 heterocycles. The lowest BCUT2D eigenvalue weighted by Gasteiger charge is -2.26. The summed E-state index contributed by atoms with van der Waals surface area (Å²) in [6, 6.07) is 0. The molecule has 2 atom stereocenters. The minimum atomic E-state index is -0.404. The van der Waals surface area contributed by atoms with Crippen molar-refractivity contribution in [3.05, 3.63) is 22.3 Å². The van der Waals surface area contributed by atoms with Gasteiger partial charge in [0.05, 0.1) is 26.4 Å². The van der Waals surface area contributed by atoms with Gasteiger partial charge in [-0.1, -0.05) is 43.0 Å². The maximum absolute atomic E-state index is 8.84. The summed E-state index contributed by atoms with van der Waals surface area (Å²) in [5, 5.41) is 8.84. The summed E-state index contributed by atoms with van der Waals surface area (Å²) in [7, 11) is 2.85. The van der Waals surface area contributed by atoms with Crippen LogP contribution in [0.25, 0.3) is 0 Å². The molecule has 4 aliphatic rings. The maximum Gasteiger partial charge on any atom is 0.191 e. The highest BCUT2D eigenvalue weighted by Crippen LogP contribution is 2.53. The van der Waals surface area contributed by atoms with Gasteiger partial charge in [0.25, 0.3) is 0 Å². The van der Waals surface area contributed by atoms with Gasteiger partial charge in [0, 0.05) is 19.4 Å². The van der Waals surface area contributed by atoms with Crippen molar-refractivity contribution in [1.82, 2.24) is 0 Å². The molecule has 2 fully saturated rings. The molecule has 188 valence electrons. The van der Waals surface area contributed by atoms with Crippen molar-refractivity contribution in [2.45, 2.75) is 84.2 Å². The van der Waals surface area contributed by atoms with E-state index in [4.69, 9.17) is 24.1 Å². The predicted molar refractivity (Wildman–Crippen MR) is 139 cm³/mol. The third kappa shape index (κ3) is 7.29. The van der Waals surface area contributed by atoms with E-state index in [2.05, 4.69) is 38.3 Å². The minimum absolute atomic E-state index is 0. The molecule has 6 nitrogen and oxygen atoms in total. The van der Waals surface area contributed by atoms with Crippen LogP contribution in [0.5, 0.6) is 0 Å². The molecule has 0 aromatic rings. The Morgan fingerprint density at radius 3 is 1.66 bits per heavy atom. The zero-order valence-corrected chi connectivity index (χ0v) is 22.5. The molecule has 0 aromatic heterocycles. The van der Waals surface area contributed by atoms with Crippen LogP contribution in [0, 0.1) is 0 Å². The summed E-state index contributed by atoms with van der Waals surface area (Å²) >= 11 is 3.62. The third-order valence-corrected chi connectivity index (χ3v) is 9.08. The van der Waals surface area contributed by atoms with Gasteiger partial charge in [-0.05, 0) is 76.0 Å². The highest BCUT2D eigenvalue weighted by atomic mass is 79.9. The molecule has 2 spiro atoms. The fourth-order valence-corrected chi connectivity index (χ4v) is 6.74. The Labute approximate surface area is 205 Å².